The van der Waals surface area contributed by atoms with Gasteiger partial charge < -0.3 is 0 Å². The first-order chi connectivity index (χ1) is 19.3. The Labute approximate surface area is 227 Å². The lowest BCUT2D eigenvalue weighted by Gasteiger charge is -2.20. The van der Waals surface area contributed by atoms with E-state index in [1.165, 1.54) is 81.7 Å². The molecule has 0 atom stereocenters. The molecule has 0 aliphatic carbocycles. The average Bonchev–Trinajstić information content (AvgIpc) is 3.00. The van der Waals surface area contributed by atoms with E-state index in [1.807, 2.05) is 0 Å². The van der Waals surface area contributed by atoms with Gasteiger partial charge in [0.15, 0.2) is 0 Å². The van der Waals surface area contributed by atoms with Crippen LogP contribution >= 0.6 is 0 Å². The minimum Gasteiger partial charge on any atom is -0.0616 e. The van der Waals surface area contributed by atoms with Crippen molar-refractivity contribution in [3.8, 4) is 22.3 Å². The van der Waals surface area contributed by atoms with Crippen molar-refractivity contribution in [2.24, 2.45) is 0 Å². The zero-order chi connectivity index (χ0) is 25.9. The molecule has 0 fully saturated rings. The molecule has 8 rings (SSSR count). The fraction of sp³-hybridized carbons (Fsp3) is 0.0256. The monoisotopic (exact) mass is 494 g/mol. The van der Waals surface area contributed by atoms with Gasteiger partial charge in [0.2, 0.25) is 0 Å². The summed E-state index contributed by atoms with van der Waals surface area (Å²) in [6.45, 7) is 2.31. The number of hydrogen-bond acceptors (Lipinski definition) is 0. The smallest absolute Gasteiger partial charge is 0.00635 e. The van der Waals surface area contributed by atoms with Crippen LogP contribution in [0.4, 0.5) is 0 Å². The van der Waals surface area contributed by atoms with Crippen molar-refractivity contribution in [3.05, 3.63) is 145 Å². The van der Waals surface area contributed by atoms with E-state index in [9.17, 15) is 0 Å². The van der Waals surface area contributed by atoms with Gasteiger partial charge in [-0.25, -0.2) is 0 Å². The molecule has 0 bridgehead atoms. The molecular weight excluding hydrogens is 468 g/mol. The van der Waals surface area contributed by atoms with Crippen LogP contribution in [0.15, 0.2) is 140 Å². The molecular formula is C39H26. The lowest BCUT2D eigenvalue weighted by Crippen LogP contribution is -1.94. The van der Waals surface area contributed by atoms with Gasteiger partial charge in [-0.2, -0.15) is 0 Å². The van der Waals surface area contributed by atoms with Gasteiger partial charge in [0.25, 0.3) is 0 Å². The molecule has 8 aromatic carbocycles. The molecule has 39 heavy (non-hydrogen) atoms. The summed E-state index contributed by atoms with van der Waals surface area (Å²) in [6.07, 6.45) is 0. The number of rotatable bonds is 2. The topological polar surface area (TPSA) is 0 Å². The SMILES string of the molecule is Cc1c(-c2cc3ccccc3c3ccccc23)cc2ccccc2c1-c1cc2ccccc2c2ccccc12. The third-order valence-corrected chi connectivity index (χ3v) is 8.40. The van der Waals surface area contributed by atoms with Crippen molar-refractivity contribution in [3.63, 3.8) is 0 Å². The molecule has 0 amide bonds. The normalized spacial score (nSPS) is 11.7. The molecule has 0 N–H and O–H groups in total. The summed E-state index contributed by atoms with van der Waals surface area (Å²) in [6, 6.07) is 51.3. The summed E-state index contributed by atoms with van der Waals surface area (Å²) in [5.41, 5.74) is 6.52. The van der Waals surface area contributed by atoms with Crippen LogP contribution in [0, 0.1) is 6.92 Å². The van der Waals surface area contributed by atoms with Crippen molar-refractivity contribution in [2.75, 3.05) is 0 Å². The van der Waals surface area contributed by atoms with Crippen molar-refractivity contribution in [1.82, 2.24) is 0 Å². The minimum absolute atomic E-state index is 1.27. The zero-order valence-corrected chi connectivity index (χ0v) is 21.8. The molecule has 0 saturated heterocycles. The van der Waals surface area contributed by atoms with Gasteiger partial charge in [0, 0.05) is 0 Å². The van der Waals surface area contributed by atoms with Crippen molar-refractivity contribution < 1.29 is 0 Å². The quantitative estimate of drug-likeness (QED) is 0.210. The summed E-state index contributed by atoms with van der Waals surface area (Å²) in [5.74, 6) is 0. The molecule has 0 heteroatoms. The Morgan fingerprint density at radius 2 is 0.667 bits per heavy atom. The van der Waals surface area contributed by atoms with Crippen LogP contribution in [0.5, 0.6) is 0 Å². The number of hydrogen-bond donors (Lipinski definition) is 0. The van der Waals surface area contributed by atoms with Crippen LogP contribution < -0.4 is 0 Å². The summed E-state index contributed by atoms with van der Waals surface area (Å²) >= 11 is 0. The van der Waals surface area contributed by atoms with Gasteiger partial charge in [-0.15, -0.1) is 0 Å². The maximum atomic E-state index is 2.40. The van der Waals surface area contributed by atoms with Crippen LogP contribution in [0.3, 0.4) is 0 Å². The Balaban J connectivity index is 1.54. The van der Waals surface area contributed by atoms with Crippen LogP contribution in [0.25, 0.3) is 76.1 Å². The molecule has 0 unspecified atom stereocenters. The lowest BCUT2D eigenvalue weighted by atomic mass is 9.83. The van der Waals surface area contributed by atoms with E-state index < -0.39 is 0 Å². The van der Waals surface area contributed by atoms with Gasteiger partial charge in [0.1, 0.15) is 0 Å². The molecule has 0 aliphatic heterocycles. The second kappa shape index (κ2) is 8.55. The predicted octanol–water partition coefficient (Wildman–Crippen LogP) is 11.1. The Bertz CT molecular complexity index is 2230. The maximum absolute atomic E-state index is 2.40. The molecule has 0 nitrogen and oxygen atoms in total. The van der Waals surface area contributed by atoms with E-state index in [0.717, 1.165) is 0 Å². The van der Waals surface area contributed by atoms with Crippen LogP contribution in [0.1, 0.15) is 5.56 Å². The minimum atomic E-state index is 1.27. The Morgan fingerprint density at radius 1 is 0.308 bits per heavy atom. The zero-order valence-electron chi connectivity index (χ0n) is 21.8. The van der Waals surface area contributed by atoms with Crippen molar-refractivity contribution in [1.29, 1.82) is 0 Å². The van der Waals surface area contributed by atoms with E-state index in [2.05, 4.69) is 146 Å². The number of fused-ring (bicyclic) bond motifs is 7. The number of benzene rings is 8. The van der Waals surface area contributed by atoms with E-state index in [0.29, 0.717) is 0 Å². The van der Waals surface area contributed by atoms with E-state index >= 15 is 0 Å². The summed E-state index contributed by atoms with van der Waals surface area (Å²) in [4.78, 5) is 0. The second-order valence-electron chi connectivity index (χ2n) is 10.5. The largest absolute Gasteiger partial charge is 0.0616 e. The van der Waals surface area contributed by atoms with Gasteiger partial charge >= 0.3 is 0 Å². The second-order valence-corrected chi connectivity index (χ2v) is 10.5. The summed E-state index contributed by atoms with van der Waals surface area (Å²) in [5, 5.41) is 12.9. The highest BCUT2D eigenvalue weighted by Crippen LogP contribution is 2.45. The van der Waals surface area contributed by atoms with E-state index in [1.54, 1.807) is 0 Å². The van der Waals surface area contributed by atoms with E-state index in [-0.39, 0.29) is 0 Å². The fourth-order valence-electron chi connectivity index (χ4n) is 6.62. The molecule has 8 aromatic rings. The highest BCUT2D eigenvalue weighted by atomic mass is 14.2. The highest BCUT2D eigenvalue weighted by Gasteiger charge is 2.18. The third-order valence-electron chi connectivity index (χ3n) is 8.40. The van der Waals surface area contributed by atoms with Crippen LogP contribution in [-0.2, 0) is 0 Å². The average molecular weight is 495 g/mol. The fourth-order valence-corrected chi connectivity index (χ4v) is 6.62. The molecule has 0 heterocycles. The van der Waals surface area contributed by atoms with Crippen LogP contribution in [0.2, 0.25) is 0 Å². The van der Waals surface area contributed by atoms with Crippen LogP contribution in [-0.4, -0.2) is 0 Å². The molecule has 182 valence electrons. The molecule has 0 radical (unpaired) electrons. The Hall–Kier alpha value is -4.94. The third kappa shape index (κ3) is 3.32. The molecule has 0 spiro atoms. The summed E-state index contributed by atoms with van der Waals surface area (Å²) in [7, 11) is 0. The first-order valence-corrected chi connectivity index (χ1v) is 13.6. The predicted molar refractivity (Wildman–Crippen MR) is 170 cm³/mol. The standard InChI is InChI=1S/C39H26/c1-25-36(37-23-26-12-2-5-15-29(26)32-18-8-10-20-34(32)37)22-28-14-4-7-17-31(28)39(25)38-24-27-13-3-6-16-30(27)33-19-9-11-21-35(33)38/h2-24H,1H3. The molecule has 0 saturated carbocycles. The summed E-state index contributed by atoms with van der Waals surface area (Å²) < 4.78 is 0. The van der Waals surface area contributed by atoms with Gasteiger partial charge in [-0.05, 0) is 107 Å². The first kappa shape index (κ1) is 22.1. The van der Waals surface area contributed by atoms with Crippen molar-refractivity contribution in [2.45, 2.75) is 6.92 Å². The van der Waals surface area contributed by atoms with Gasteiger partial charge in [0.05, 0.1) is 0 Å². The Morgan fingerprint density at radius 3 is 1.23 bits per heavy atom. The molecule has 0 aromatic heterocycles. The van der Waals surface area contributed by atoms with Crippen molar-refractivity contribution >= 4 is 53.9 Å². The van der Waals surface area contributed by atoms with E-state index in [4.69, 9.17) is 0 Å². The Kier molecular flexibility index (Phi) is 4.84. The van der Waals surface area contributed by atoms with Gasteiger partial charge in [-0.1, -0.05) is 121 Å². The molecule has 0 aliphatic rings. The van der Waals surface area contributed by atoms with Gasteiger partial charge in [-0.3, -0.25) is 0 Å². The highest BCUT2D eigenvalue weighted by molar-refractivity contribution is 6.19. The maximum Gasteiger partial charge on any atom is -0.00635 e. The first-order valence-electron chi connectivity index (χ1n) is 13.6. The lowest BCUT2D eigenvalue weighted by molar-refractivity contribution is 1.49.